The summed E-state index contributed by atoms with van der Waals surface area (Å²) in [6, 6.07) is 17.5. The Kier molecular flexibility index (Phi) is 4.91. The zero-order valence-corrected chi connectivity index (χ0v) is 13.5. The summed E-state index contributed by atoms with van der Waals surface area (Å²) in [5.74, 6) is 0.973. The fraction of sp³-hybridized carbons (Fsp3) is 0.158. The van der Waals surface area contributed by atoms with E-state index in [1.807, 2.05) is 42.5 Å². The van der Waals surface area contributed by atoms with Crippen LogP contribution >= 0.6 is 0 Å². The molecule has 0 saturated carbocycles. The second-order valence-electron chi connectivity index (χ2n) is 5.29. The van der Waals surface area contributed by atoms with Gasteiger partial charge in [-0.2, -0.15) is 0 Å². The van der Waals surface area contributed by atoms with E-state index in [4.69, 9.17) is 4.74 Å². The fourth-order valence-electron chi connectivity index (χ4n) is 2.52. The fourth-order valence-corrected chi connectivity index (χ4v) is 2.52. The zero-order valence-electron chi connectivity index (χ0n) is 13.5. The van der Waals surface area contributed by atoms with Crippen molar-refractivity contribution in [2.24, 2.45) is 0 Å². The van der Waals surface area contributed by atoms with Gasteiger partial charge in [0.15, 0.2) is 5.82 Å². The molecule has 122 valence electrons. The SMILES string of the molecule is COc1ccccc1-n1ccnc(NCCc2ccccc2)c1=O. The molecule has 3 aromatic rings. The van der Waals surface area contributed by atoms with Crippen molar-refractivity contribution in [3.8, 4) is 11.4 Å². The summed E-state index contributed by atoms with van der Waals surface area (Å²) in [5.41, 5.74) is 1.71. The van der Waals surface area contributed by atoms with Gasteiger partial charge in [-0.05, 0) is 24.1 Å². The van der Waals surface area contributed by atoms with E-state index in [0.717, 1.165) is 6.42 Å². The quantitative estimate of drug-likeness (QED) is 0.758. The van der Waals surface area contributed by atoms with Crippen molar-refractivity contribution in [1.29, 1.82) is 0 Å². The molecule has 1 N–H and O–H groups in total. The molecule has 0 atom stereocenters. The van der Waals surface area contributed by atoms with E-state index < -0.39 is 0 Å². The van der Waals surface area contributed by atoms with Gasteiger partial charge in [-0.15, -0.1) is 0 Å². The van der Waals surface area contributed by atoms with Crippen LogP contribution in [0.15, 0.2) is 71.8 Å². The monoisotopic (exact) mass is 321 g/mol. The van der Waals surface area contributed by atoms with Gasteiger partial charge in [-0.25, -0.2) is 4.98 Å². The lowest BCUT2D eigenvalue weighted by Gasteiger charge is -2.12. The van der Waals surface area contributed by atoms with E-state index in [-0.39, 0.29) is 5.56 Å². The maximum absolute atomic E-state index is 12.7. The van der Waals surface area contributed by atoms with Crippen molar-refractivity contribution >= 4 is 5.82 Å². The van der Waals surface area contributed by atoms with E-state index in [0.29, 0.717) is 23.8 Å². The third-order valence-electron chi connectivity index (χ3n) is 3.73. The highest BCUT2D eigenvalue weighted by atomic mass is 16.5. The van der Waals surface area contributed by atoms with Crippen molar-refractivity contribution in [3.05, 3.63) is 82.9 Å². The predicted octanol–water partition coefficient (Wildman–Crippen LogP) is 2.90. The van der Waals surface area contributed by atoms with Crippen LogP contribution in [0.1, 0.15) is 5.56 Å². The molecule has 3 rings (SSSR count). The zero-order chi connectivity index (χ0) is 16.8. The van der Waals surface area contributed by atoms with Crippen LogP contribution < -0.4 is 15.6 Å². The summed E-state index contributed by atoms with van der Waals surface area (Å²) in [5, 5.41) is 3.12. The first-order valence-corrected chi connectivity index (χ1v) is 7.78. The molecule has 1 heterocycles. The van der Waals surface area contributed by atoms with Gasteiger partial charge in [0.25, 0.3) is 5.56 Å². The Balaban J connectivity index is 1.80. The highest BCUT2D eigenvalue weighted by Crippen LogP contribution is 2.20. The van der Waals surface area contributed by atoms with Gasteiger partial charge in [0.2, 0.25) is 0 Å². The number of aromatic nitrogens is 2. The molecule has 5 nitrogen and oxygen atoms in total. The van der Waals surface area contributed by atoms with Gasteiger partial charge in [0.05, 0.1) is 12.8 Å². The Hall–Kier alpha value is -3.08. The first-order chi connectivity index (χ1) is 11.8. The largest absolute Gasteiger partial charge is 0.495 e. The maximum Gasteiger partial charge on any atom is 0.297 e. The molecule has 0 radical (unpaired) electrons. The number of anilines is 1. The maximum atomic E-state index is 12.7. The number of hydrogen-bond acceptors (Lipinski definition) is 4. The van der Waals surface area contributed by atoms with Gasteiger partial charge < -0.3 is 10.1 Å². The normalized spacial score (nSPS) is 10.4. The van der Waals surface area contributed by atoms with E-state index >= 15 is 0 Å². The number of para-hydroxylation sites is 2. The molecule has 0 aliphatic heterocycles. The van der Waals surface area contributed by atoms with Crippen molar-refractivity contribution in [2.75, 3.05) is 19.0 Å². The minimum Gasteiger partial charge on any atom is -0.495 e. The Labute approximate surface area is 140 Å². The number of nitrogens with zero attached hydrogens (tertiary/aromatic N) is 2. The van der Waals surface area contributed by atoms with E-state index in [2.05, 4.69) is 22.4 Å². The molecule has 0 amide bonds. The van der Waals surface area contributed by atoms with Crippen molar-refractivity contribution < 1.29 is 4.74 Å². The van der Waals surface area contributed by atoms with Gasteiger partial charge in [0.1, 0.15) is 5.75 Å². The molecule has 0 unspecified atom stereocenters. The summed E-state index contributed by atoms with van der Waals surface area (Å²) < 4.78 is 6.87. The average molecular weight is 321 g/mol. The summed E-state index contributed by atoms with van der Waals surface area (Å²) in [7, 11) is 1.59. The molecule has 2 aromatic carbocycles. The van der Waals surface area contributed by atoms with Crippen LogP contribution in [0.2, 0.25) is 0 Å². The van der Waals surface area contributed by atoms with E-state index in [9.17, 15) is 4.79 Å². The van der Waals surface area contributed by atoms with Crippen LogP contribution in [0.3, 0.4) is 0 Å². The lowest BCUT2D eigenvalue weighted by Crippen LogP contribution is -2.24. The molecular weight excluding hydrogens is 302 g/mol. The van der Waals surface area contributed by atoms with Crippen molar-refractivity contribution in [2.45, 2.75) is 6.42 Å². The predicted molar refractivity (Wildman–Crippen MR) is 95.0 cm³/mol. The number of methoxy groups -OCH3 is 1. The van der Waals surface area contributed by atoms with Gasteiger partial charge in [-0.3, -0.25) is 9.36 Å². The smallest absolute Gasteiger partial charge is 0.297 e. The first kappa shape index (κ1) is 15.8. The Morgan fingerprint density at radius 1 is 1.08 bits per heavy atom. The Morgan fingerprint density at radius 2 is 1.83 bits per heavy atom. The highest BCUT2D eigenvalue weighted by Gasteiger charge is 2.09. The molecule has 24 heavy (non-hydrogen) atoms. The Bertz CT molecular complexity index is 860. The third kappa shape index (κ3) is 3.46. The van der Waals surface area contributed by atoms with Gasteiger partial charge in [0, 0.05) is 18.9 Å². The molecule has 0 bridgehead atoms. The minimum atomic E-state index is -0.199. The molecule has 1 aromatic heterocycles. The second kappa shape index (κ2) is 7.46. The number of benzene rings is 2. The summed E-state index contributed by atoms with van der Waals surface area (Å²) >= 11 is 0. The number of nitrogens with one attached hydrogen (secondary N) is 1. The van der Waals surface area contributed by atoms with Gasteiger partial charge >= 0.3 is 0 Å². The summed E-state index contributed by atoms with van der Waals surface area (Å²) in [6.07, 6.45) is 4.08. The average Bonchev–Trinajstić information content (AvgIpc) is 2.64. The van der Waals surface area contributed by atoms with Gasteiger partial charge in [-0.1, -0.05) is 42.5 Å². The molecule has 0 aliphatic carbocycles. The molecule has 0 fully saturated rings. The van der Waals surface area contributed by atoms with Crippen molar-refractivity contribution in [1.82, 2.24) is 9.55 Å². The molecular formula is C19H19N3O2. The summed E-state index contributed by atoms with van der Waals surface area (Å²) in [6.45, 7) is 0.641. The minimum absolute atomic E-state index is 0.199. The van der Waals surface area contributed by atoms with Crippen LogP contribution in [0.25, 0.3) is 5.69 Å². The second-order valence-corrected chi connectivity index (χ2v) is 5.29. The molecule has 0 spiro atoms. The lowest BCUT2D eigenvalue weighted by molar-refractivity contribution is 0.412. The van der Waals surface area contributed by atoms with Crippen LogP contribution in [0.4, 0.5) is 5.82 Å². The van der Waals surface area contributed by atoms with Crippen LogP contribution in [-0.4, -0.2) is 23.2 Å². The number of ether oxygens (including phenoxy) is 1. The number of rotatable bonds is 6. The first-order valence-electron chi connectivity index (χ1n) is 7.78. The van der Waals surface area contributed by atoms with Crippen LogP contribution in [-0.2, 0) is 6.42 Å². The standard InChI is InChI=1S/C19H19N3O2/c1-24-17-10-6-5-9-16(17)22-14-13-21-18(19(22)23)20-12-11-15-7-3-2-4-8-15/h2-10,13-14H,11-12H2,1H3,(H,20,21). The number of hydrogen-bond donors (Lipinski definition) is 1. The lowest BCUT2D eigenvalue weighted by atomic mass is 10.1. The Morgan fingerprint density at radius 3 is 2.62 bits per heavy atom. The molecule has 0 saturated heterocycles. The van der Waals surface area contributed by atoms with Crippen LogP contribution in [0, 0.1) is 0 Å². The molecule has 5 heteroatoms. The van der Waals surface area contributed by atoms with E-state index in [1.54, 1.807) is 19.5 Å². The highest BCUT2D eigenvalue weighted by molar-refractivity contribution is 5.48. The van der Waals surface area contributed by atoms with Crippen molar-refractivity contribution in [3.63, 3.8) is 0 Å². The third-order valence-corrected chi connectivity index (χ3v) is 3.73. The van der Waals surface area contributed by atoms with E-state index in [1.165, 1.54) is 10.1 Å². The topological polar surface area (TPSA) is 56.1 Å². The van der Waals surface area contributed by atoms with Crippen LogP contribution in [0.5, 0.6) is 5.75 Å². The summed E-state index contributed by atoms with van der Waals surface area (Å²) in [4.78, 5) is 16.8. The molecule has 0 aliphatic rings.